The molecule has 0 saturated carbocycles. The van der Waals surface area contributed by atoms with E-state index in [-0.39, 0.29) is 17.1 Å². The van der Waals surface area contributed by atoms with Gasteiger partial charge in [-0.2, -0.15) is 0 Å². The lowest BCUT2D eigenvalue weighted by Crippen LogP contribution is -2.32. The fourth-order valence-corrected chi connectivity index (χ4v) is 3.94. The number of nitrogens with one attached hydrogen (secondary N) is 2. The maximum atomic E-state index is 11.5. The number of nitrogens with zero attached hydrogens (tertiary/aromatic N) is 1. The van der Waals surface area contributed by atoms with Gasteiger partial charge in [0.25, 0.3) is 5.56 Å². The fraction of sp³-hybridized carbons (Fsp3) is 0.304. The van der Waals surface area contributed by atoms with Crippen LogP contribution in [0, 0.1) is 6.92 Å². The Balaban J connectivity index is 0.000000177. The molecule has 5 N–H and O–H groups in total. The number of rotatable bonds is 2. The highest BCUT2D eigenvalue weighted by Gasteiger charge is 2.31. The van der Waals surface area contributed by atoms with Gasteiger partial charge in [-0.05, 0) is 48.4 Å². The first-order chi connectivity index (χ1) is 14.2. The molecule has 7 heteroatoms. The Morgan fingerprint density at radius 3 is 2.47 bits per heavy atom. The van der Waals surface area contributed by atoms with E-state index in [1.54, 1.807) is 6.92 Å². The standard InChI is InChI=1S/C12H16O.C11H12N4O2/c1-12(2)8-10(13)7-9-5-3-4-6-11(9)12;1-7-9(13-11(12)17)15(14-10(7)16)8-5-3-2-4-6-8/h3-6,10,13H,7-8H2,1-2H3;2-6H,1H3,(H,14,16)(H3,12,13,17). The first-order valence-electron chi connectivity index (χ1n) is 9.89. The number of urea groups is 1. The number of anilines is 1. The summed E-state index contributed by atoms with van der Waals surface area (Å²) in [6.45, 7) is 6.02. The molecule has 0 aliphatic heterocycles. The first kappa shape index (κ1) is 21.4. The van der Waals surface area contributed by atoms with Gasteiger partial charge >= 0.3 is 6.03 Å². The van der Waals surface area contributed by atoms with E-state index in [0.29, 0.717) is 11.4 Å². The Morgan fingerprint density at radius 1 is 1.17 bits per heavy atom. The van der Waals surface area contributed by atoms with Gasteiger partial charge in [0.05, 0.1) is 17.4 Å². The normalized spacial score (nSPS) is 16.7. The van der Waals surface area contributed by atoms with Crippen LogP contribution in [-0.4, -0.2) is 27.0 Å². The number of benzene rings is 2. The summed E-state index contributed by atoms with van der Waals surface area (Å²) in [5.74, 6) is 0.355. The van der Waals surface area contributed by atoms with Gasteiger partial charge in [-0.25, -0.2) is 9.48 Å². The van der Waals surface area contributed by atoms with Crippen molar-refractivity contribution in [1.29, 1.82) is 0 Å². The lowest BCUT2D eigenvalue weighted by Gasteiger charge is -2.35. The number of amides is 2. The highest BCUT2D eigenvalue weighted by molar-refractivity contribution is 5.87. The monoisotopic (exact) mass is 408 g/mol. The highest BCUT2D eigenvalue weighted by atomic mass is 16.3. The Morgan fingerprint density at radius 2 is 1.80 bits per heavy atom. The van der Waals surface area contributed by atoms with E-state index in [4.69, 9.17) is 5.73 Å². The average Bonchev–Trinajstić information content (AvgIpc) is 2.96. The maximum absolute atomic E-state index is 11.5. The number of H-pyrrole nitrogens is 1. The summed E-state index contributed by atoms with van der Waals surface area (Å²) in [6, 6.07) is 16.9. The molecular formula is C23H28N4O3. The number of primary amides is 1. The minimum Gasteiger partial charge on any atom is -0.393 e. The number of carbonyl (C=O) groups excluding carboxylic acids is 1. The lowest BCUT2D eigenvalue weighted by molar-refractivity contribution is 0.128. The number of nitrogens with two attached hydrogens (primary N) is 1. The van der Waals surface area contributed by atoms with E-state index in [0.717, 1.165) is 18.5 Å². The number of aromatic nitrogens is 2. The van der Waals surface area contributed by atoms with Gasteiger partial charge in [-0.3, -0.25) is 15.2 Å². The number of aliphatic hydroxyl groups excluding tert-OH is 1. The number of hydrogen-bond acceptors (Lipinski definition) is 3. The Kier molecular flexibility index (Phi) is 6.12. The molecule has 30 heavy (non-hydrogen) atoms. The van der Waals surface area contributed by atoms with Crippen molar-refractivity contribution in [3.05, 3.63) is 81.6 Å². The number of para-hydroxylation sites is 1. The predicted octanol–water partition coefficient (Wildman–Crippen LogP) is 3.24. The second-order valence-corrected chi connectivity index (χ2v) is 8.18. The summed E-state index contributed by atoms with van der Waals surface area (Å²) in [7, 11) is 0. The Hall–Kier alpha value is -3.32. The van der Waals surface area contributed by atoms with Crippen molar-refractivity contribution in [2.24, 2.45) is 5.73 Å². The van der Waals surface area contributed by atoms with E-state index in [2.05, 4.69) is 42.5 Å². The van der Waals surface area contributed by atoms with Crippen molar-refractivity contribution < 1.29 is 9.90 Å². The summed E-state index contributed by atoms with van der Waals surface area (Å²) in [4.78, 5) is 22.4. The summed E-state index contributed by atoms with van der Waals surface area (Å²) < 4.78 is 1.49. The van der Waals surface area contributed by atoms with Crippen LogP contribution in [0.5, 0.6) is 0 Å². The predicted molar refractivity (Wildman–Crippen MR) is 118 cm³/mol. The molecule has 1 aliphatic rings. The zero-order chi connectivity index (χ0) is 21.9. The molecule has 1 unspecified atom stereocenters. The smallest absolute Gasteiger partial charge is 0.317 e. The van der Waals surface area contributed by atoms with Gasteiger partial charge in [0.1, 0.15) is 5.82 Å². The van der Waals surface area contributed by atoms with Gasteiger partial charge in [0.2, 0.25) is 0 Å². The molecule has 7 nitrogen and oxygen atoms in total. The Bertz CT molecular complexity index is 1080. The van der Waals surface area contributed by atoms with Crippen molar-refractivity contribution >= 4 is 11.8 Å². The molecule has 1 atom stereocenters. The van der Waals surface area contributed by atoms with Crippen molar-refractivity contribution in [3.8, 4) is 5.69 Å². The van der Waals surface area contributed by atoms with Crippen molar-refractivity contribution in [1.82, 2.24) is 9.78 Å². The molecule has 3 aromatic rings. The van der Waals surface area contributed by atoms with Crippen LogP contribution >= 0.6 is 0 Å². The number of carbonyl (C=O) groups is 1. The summed E-state index contributed by atoms with van der Waals surface area (Å²) in [6.07, 6.45) is 1.54. The van der Waals surface area contributed by atoms with Crippen molar-refractivity contribution in [2.45, 2.75) is 45.1 Å². The van der Waals surface area contributed by atoms with E-state index in [1.165, 1.54) is 15.8 Å². The summed E-state index contributed by atoms with van der Waals surface area (Å²) >= 11 is 0. The van der Waals surface area contributed by atoms with E-state index in [9.17, 15) is 14.7 Å². The van der Waals surface area contributed by atoms with Crippen molar-refractivity contribution in [2.75, 3.05) is 5.32 Å². The molecule has 1 heterocycles. The zero-order valence-corrected chi connectivity index (χ0v) is 17.5. The number of aliphatic hydroxyl groups is 1. The number of hydrogen-bond donors (Lipinski definition) is 4. The van der Waals surface area contributed by atoms with Crippen LogP contribution in [0.2, 0.25) is 0 Å². The summed E-state index contributed by atoms with van der Waals surface area (Å²) in [5, 5.41) is 14.7. The average molecular weight is 409 g/mol. The molecule has 158 valence electrons. The van der Waals surface area contributed by atoms with Gasteiger partial charge in [-0.15, -0.1) is 0 Å². The molecular weight excluding hydrogens is 380 g/mol. The molecule has 0 spiro atoms. The minimum absolute atomic E-state index is 0.133. The van der Waals surface area contributed by atoms with Crippen LogP contribution in [0.4, 0.5) is 10.6 Å². The van der Waals surface area contributed by atoms with Crippen LogP contribution in [0.15, 0.2) is 59.4 Å². The minimum atomic E-state index is -0.711. The molecule has 2 amide bonds. The Labute approximate surface area is 175 Å². The largest absolute Gasteiger partial charge is 0.393 e. The number of aromatic amines is 1. The third kappa shape index (κ3) is 4.63. The molecule has 4 rings (SSSR count). The molecule has 0 saturated heterocycles. The van der Waals surface area contributed by atoms with Gasteiger partial charge < -0.3 is 10.8 Å². The quantitative estimate of drug-likeness (QED) is 0.522. The molecule has 1 aliphatic carbocycles. The van der Waals surface area contributed by atoms with E-state index < -0.39 is 6.03 Å². The van der Waals surface area contributed by atoms with Gasteiger partial charge in [0.15, 0.2) is 0 Å². The molecule has 2 aromatic carbocycles. The van der Waals surface area contributed by atoms with Gasteiger partial charge in [-0.1, -0.05) is 56.3 Å². The molecule has 0 radical (unpaired) electrons. The molecule has 0 bridgehead atoms. The van der Waals surface area contributed by atoms with E-state index >= 15 is 0 Å². The van der Waals surface area contributed by atoms with Crippen molar-refractivity contribution in [3.63, 3.8) is 0 Å². The van der Waals surface area contributed by atoms with Crippen LogP contribution in [0.1, 0.15) is 37.0 Å². The third-order valence-electron chi connectivity index (χ3n) is 5.34. The van der Waals surface area contributed by atoms with Crippen LogP contribution in [0.25, 0.3) is 5.69 Å². The highest BCUT2D eigenvalue weighted by Crippen LogP contribution is 2.36. The van der Waals surface area contributed by atoms with Crippen LogP contribution < -0.4 is 16.6 Å². The molecule has 1 aromatic heterocycles. The van der Waals surface area contributed by atoms with Gasteiger partial charge in [0, 0.05) is 0 Å². The number of fused-ring (bicyclic) bond motifs is 1. The fourth-order valence-electron chi connectivity index (χ4n) is 3.94. The third-order valence-corrected chi connectivity index (χ3v) is 5.34. The van der Waals surface area contributed by atoms with Crippen LogP contribution in [0.3, 0.4) is 0 Å². The first-order valence-corrected chi connectivity index (χ1v) is 9.89. The maximum Gasteiger partial charge on any atom is 0.317 e. The van der Waals surface area contributed by atoms with Crippen LogP contribution in [-0.2, 0) is 11.8 Å². The lowest BCUT2D eigenvalue weighted by atomic mass is 9.72. The second kappa shape index (κ2) is 8.59. The topological polar surface area (TPSA) is 113 Å². The molecule has 0 fully saturated rings. The zero-order valence-electron chi connectivity index (χ0n) is 17.5. The second-order valence-electron chi connectivity index (χ2n) is 8.18. The summed E-state index contributed by atoms with van der Waals surface area (Å²) in [5.41, 5.74) is 8.80. The SMILES string of the molecule is CC1(C)CC(O)Cc2ccccc21.Cc1c(NC(N)=O)n(-c2ccccc2)[nH]c1=O. The van der Waals surface area contributed by atoms with E-state index in [1.807, 2.05) is 36.4 Å².